The van der Waals surface area contributed by atoms with Gasteiger partial charge >= 0.3 is 17.9 Å². The van der Waals surface area contributed by atoms with Gasteiger partial charge in [0.1, 0.15) is 6.61 Å². The number of rotatable bonds is 39. The molecule has 1 N–H and O–H groups in total. The Bertz CT molecular complexity index is 984. The molecule has 2 unspecified atom stereocenters. The highest BCUT2D eigenvalue weighted by molar-refractivity contribution is 5.72. The highest BCUT2D eigenvalue weighted by Gasteiger charge is 2.31. The molecule has 8 heteroatoms. The van der Waals surface area contributed by atoms with E-state index in [0.717, 1.165) is 83.5 Å². The number of quaternary nitrogens is 1. The van der Waals surface area contributed by atoms with Crippen molar-refractivity contribution in [2.75, 3.05) is 41.0 Å². The van der Waals surface area contributed by atoms with E-state index in [0.29, 0.717) is 19.3 Å². The Hall–Kier alpha value is -2.45. The molecule has 0 rings (SSSR count). The number of allylic oxidation sites excluding steroid dienone is 6. The first-order chi connectivity index (χ1) is 26.1. The summed E-state index contributed by atoms with van der Waals surface area (Å²) < 4.78 is 17.2. The van der Waals surface area contributed by atoms with Gasteiger partial charge in [0.2, 0.25) is 0 Å². The molecule has 0 aliphatic carbocycles. The van der Waals surface area contributed by atoms with Gasteiger partial charge in [0, 0.05) is 19.3 Å². The lowest BCUT2D eigenvalue weighted by Crippen LogP contribution is -2.50. The summed E-state index contributed by atoms with van der Waals surface area (Å²) in [6.07, 6.45) is 41.9. The lowest BCUT2D eigenvalue weighted by Gasteiger charge is -2.31. The molecule has 0 aromatic rings. The van der Waals surface area contributed by atoms with Crippen LogP contribution in [0.3, 0.4) is 0 Å². The zero-order chi connectivity index (χ0) is 40.0. The highest BCUT2D eigenvalue weighted by Crippen LogP contribution is 2.14. The number of carbonyl (C=O) groups is 3. The maximum Gasteiger partial charge on any atom is 0.362 e. The van der Waals surface area contributed by atoms with Crippen LogP contribution in [0.15, 0.2) is 36.5 Å². The molecule has 0 saturated heterocycles. The first-order valence-corrected chi connectivity index (χ1v) is 22.0. The summed E-state index contributed by atoms with van der Waals surface area (Å²) in [5.74, 6) is -1.49. The molecule has 0 radical (unpaired) electrons. The minimum absolute atomic E-state index is 0.0540. The van der Waals surface area contributed by atoms with E-state index in [1.165, 1.54) is 70.6 Å². The average molecular weight is 763 g/mol. The van der Waals surface area contributed by atoms with Crippen LogP contribution in [0.2, 0.25) is 0 Å². The van der Waals surface area contributed by atoms with Crippen molar-refractivity contribution in [2.24, 2.45) is 0 Å². The smallest absolute Gasteiger partial charge is 0.362 e. The number of hydrogen-bond acceptors (Lipinski definition) is 6. The second-order valence-corrected chi connectivity index (χ2v) is 15.9. The number of hydrogen-bond donors (Lipinski definition) is 1. The summed E-state index contributed by atoms with van der Waals surface area (Å²) in [5.41, 5.74) is 0. The van der Waals surface area contributed by atoms with Gasteiger partial charge in [-0.1, -0.05) is 140 Å². The maximum atomic E-state index is 12.7. The van der Waals surface area contributed by atoms with Gasteiger partial charge in [-0.2, -0.15) is 0 Å². The van der Waals surface area contributed by atoms with E-state index in [1.54, 1.807) is 0 Å². The van der Waals surface area contributed by atoms with Crippen molar-refractivity contribution in [1.29, 1.82) is 0 Å². The van der Waals surface area contributed by atoms with E-state index in [4.69, 9.17) is 14.2 Å². The number of carboxylic acids is 1. The number of aliphatic carboxylic acids is 1. The highest BCUT2D eigenvalue weighted by atomic mass is 16.6. The Balaban J connectivity index is 4.34. The molecule has 54 heavy (non-hydrogen) atoms. The van der Waals surface area contributed by atoms with Gasteiger partial charge in [0.05, 0.1) is 34.4 Å². The molecule has 0 heterocycles. The molecule has 2 atom stereocenters. The van der Waals surface area contributed by atoms with Crippen LogP contribution in [0.1, 0.15) is 187 Å². The Morgan fingerprint density at radius 2 is 1.04 bits per heavy atom. The van der Waals surface area contributed by atoms with Crippen LogP contribution in [0.25, 0.3) is 0 Å². The summed E-state index contributed by atoms with van der Waals surface area (Å²) in [5, 5.41) is 9.61. The van der Waals surface area contributed by atoms with Crippen molar-refractivity contribution in [3.8, 4) is 0 Å². The van der Waals surface area contributed by atoms with Gasteiger partial charge in [0.25, 0.3) is 0 Å². The molecular weight excluding hydrogens is 679 g/mol. The maximum absolute atomic E-state index is 12.7. The van der Waals surface area contributed by atoms with Crippen LogP contribution >= 0.6 is 0 Å². The Labute approximate surface area is 332 Å². The van der Waals surface area contributed by atoms with Crippen molar-refractivity contribution < 1.29 is 38.2 Å². The first-order valence-electron chi connectivity index (χ1n) is 22.0. The third kappa shape index (κ3) is 35.3. The summed E-state index contributed by atoms with van der Waals surface area (Å²) in [4.78, 5) is 36.9. The molecule has 0 aromatic heterocycles. The number of carbonyl (C=O) groups excluding carboxylic acids is 2. The standard InChI is InChI=1S/C46H83NO7/c1-6-8-10-12-14-16-18-20-21-22-23-24-25-27-29-31-33-35-37-45(49)54-42(40-52-39-38-43(46(50)51)47(3,4)5)41-53-44(48)36-34-32-30-28-26-19-17-15-13-11-9-7-2/h9,11,15,17,23-24,42-43H,6-8,10,12-14,16,18-22,25-41H2,1-5H3/p+1/b11-9+,17-15+,24-23+. The molecular formula is C46H84NO7+. The lowest BCUT2D eigenvalue weighted by atomic mass is 10.1. The van der Waals surface area contributed by atoms with Gasteiger partial charge in [-0.3, -0.25) is 9.59 Å². The number of nitrogens with zero attached hydrogens (tertiary/aromatic N) is 1. The van der Waals surface area contributed by atoms with Crippen molar-refractivity contribution in [3.63, 3.8) is 0 Å². The normalized spacial score (nSPS) is 13.3. The predicted octanol–water partition coefficient (Wildman–Crippen LogP) is 11.9. The van der Waals surface area contributed by atoms with E-state index in [-0.39, 0.29) is 36.2 Å². The number of likely N-dealkylation sites (N-methyl/N-ethyl adjacent to an activating group) is 1. The zero-order valence-electron chi connectivity index (χ0n) is 35.7. The average Bonchev–Trinajstić information content (AvgIpc) is 3.12. The topological polar surface area (TPSA) is 99.1 Å². The van der Waals surface area contributed by atoms with Gasteiger partial charge in [-0.05, 0) is 64.2 Å². The fraction of sp³-hybridized carbons (Fsp3) is 0.804. The minimum Gasteiger partial charge on any atom is -0.477 e. The zero-order valence-corrected chi connectivity index (χ0v) is 35.7. The van der Waals surface area contributed by atoms with Crippen molar-refractivity contribution in [1.82, 2.24) is 0 Å². The van der Waals surface area contributed by atoms with Gasteiger partial charge < -0.3 is 23.8 Å². The van der Waals surface area contributed by atoms with E-state index < -0.39 is 18.1 Å². The van der Waals surface area contributed by atoms with Crippen molar-refractivity contribution >= 4 is 17.9 Å². The van der Waals surface area contributed by atoms with Gasteiger partial charge in [-0.15, -0.1) is 0 Å². The lowest BCUT2D eigenvalue weighted by molar-refractivity contribution is -0.887. The number of ether oxygens (including phenoxy) is 3. The molecule has 0 aromatic carbocycles. The molecule has 0 fully saturated rings. The van der Waals surface area contributed by atoms with Crippen LogP contribution in [-0.4, -0.2) is 80.6 Å². The minimum atomic E-state index is -0.879. The van der Waals surface area contributed by atoms with E-state index in [1.807, 2.05) is 21.1 Å². The fourth-order valence-corrected chi connectivity index (χ4v) is 6.36. The van der Waals surface area contributed by atoms with Crippen LogP contribution in [0.4, 0.5) is 0 Å². The third-order valence-electron chi connectivity index (χ3n) is 9.77. The molecule has 0 aliphatic rings. The summed E-state index contributed by atoms with van der Waals surface area (Å²) in [7, 11) is 5.52. The quantitative estimate of drug-likeness (QED) is 0.0288. The first kappa shape index (κ1) is 51.5. The molecule has 0 saturated carbocycles. The summed E-state index contributed by atoms with van der Waals surface area (Å²) in [6, 6.07) is -0.617. The van der Waals surface area contributed by atoms with Crippen molar-refractivity contribution in [2.45, 2.75) is 199 Å². The molecule has 0 bridgehead atoms. The van der Waals surface area contributed by atoms with Gasteiger partial charge in [0.15, 0.2) is 12.1 Å². The Kier molecular flexibility index (Phi) is 35.8. The van der Waals surface area contributed by atoms with Crippen molar-refractivity contribution in [3.05, 3.63) is 36.5 Å². The third-order valence-corrected chi connectivity index (χ3v) is 9.77. The molecule has 0 amide bonds. The van der Waals surface area contributed by atoms with E-state index in [2.05, 4.69) is 50.3 Å². The van der Waals surface area contributed by atoms with E-state index >= 15 is 0 Å². The SMILES string of the molecule is CC/C=C/C/C=C/CCCCCCCC(=O)OCC(COCCC(C(=O)O)[N+](C)(C)C)OC(=O)CCCCCCC/C=C/CCCCCCCCCCC. The summed E-state index contributed by atoms with van der Waals surface area (Å²) >= 11 is 0. The molecule has 8 nitrogen and oxygen atoms in total. The Morgan fingerprint density at radius 1 is 0.574 bits per heavy atom. The largest absolute Gasteiger partial charge is 0.477 e. The number of unbranched alkanes of at least 4 members (excludes halogenated alkanes) is 19. The predicted molar refractivity (Wildman–Crippen MR) is 225 cm³/mol. The van der Waals surface area contributed by atoms with Crippen LogP contribution in [0, 0.1) is 0 Å². The second-order valence-electron chi connectivity index (χ2n) is 15.9. The molecule has 0 spiro atoms. The number of esters is 2. The summed E-state index contributed by atoms with van der Waals surface area (Å²) in [6.45, 7) is 4.61. The number of carboxylic acid groups (broad SMARTS) is 1. The van der Waals surface area contributed by atoms with Crippen LogP contribution in [0.5, 0.6) is 0 Å². The van der Waals surface area contributed by atoms with E-state index in [9.17, 15) is 19.5 Å². The molecule has 314 valence electrons. The second kappa shape index (κ2) is 37.5. The van der Waals surface area contributed by atoms with Gasteiger partial charge in [-0.25, -0.2) is 4.79 Å². The Morgan fingerprint density at radius 3 is 1.54 bits per heavy atom. The van der Waals surface area contributed by atoms with Crippen LogP contribution in [-0.2, 0) is 28.6 Å². The monoisotopic (exact) mass is 763 g/mol. The van der Waals surface area contributed by atoms with Crippen LogP contribution < -0.4 is 0 Å². The fourth-order valence-electron chi connectivity index (χ4n) is 6.36. The molecule has 0 aliphatic heterocycles.